The van der Waals surface area contributed by atoms with Gasteiger partial charge in [-0.2, -0.15) is 0 Å². The second-order valence-corrected chi connectivity index (χ2v) is 25.4. The number of ether oxygens (including phenoxy) is 6. The molecule has 0 saturated carbocycles. The molecule has 15 rings (SSSR count). The Labute approximate surface area is 566 Å². The number of rotatable bonds is 3. The number of nitrogens with two attached hydrogens (primary N) is 3. The molecule has 9 heterocycles. The van der Waals surface area contributed by atoms with Crippen LogP contribution in [-0.2, 0) is 30.8 Å². The average molecular weight is 1360 g/mol. The molecule has 25 heteroatoms. The van der Waals surface area contributed by atoms with Gasteiger partial charge in [0.2, 0.25) is 0 Å². The van der Waals surface area contributed by atoms with E-state index in [1.165, 1.54) is 31.4 Å². The molecule has 9 aromatic rings. The van der Waals surface area contributed by atoms with Crippen molar-refractivity contribution in [2.45, 2.75) is 75.0 Å². The highest BCUT2D eigenvalue weighted by atomic mass is 79.9. The minimum atomic E-state index is -1.47. The monoisotopic (exact) mass is 1360 g/mol. The number of hydrogen-bond acceptors (Lipinski definition) is 23. The molecule has 0 radical (unpaired) electrons. The van der Waals surface area contributed by atoms with Gasteiger partial charge in [-0.05, 0) is 150 Å². The predicted octanol–water partition coefficient (Wildman–Crippen LogP) is 7.34. The molecule has 1 unspecified atom stereocenters. The third kappa shape index (κ3) is 14.3. The van der Waals surface area contributed by atoms with Crippen molar-refractivity contribution < 1.29 is 53.8 Å². The summed E-state index contributed by atoms with van der Waals surface area (Å²) in [5.41, 5.74) is 23.2. The lowest BCUT2D eigenvalue weighted by atomic mass is 9.80. The standard InChI is InChI=1S/2C24H20N4O3.C20H17BrN2O3.C4H5BN2O2/c2*1-23(2,29)8-7-15-3-5-20-18(9-15)24(13-30-22(25)28-24)19-10-16(4-6-21(19)31-20)17-11-26-14-27-12-17;1-19(2,24)8-7-12-3-5-16-14(9-12)20(11-25-18(22)23-20)15-10-13(21)4-6-17(15)26-16;8-5(9)4-1-6-3-7-2-4/h2*3-6,9-12,14,29H,13H2,1-2H3,(H2,25,28);3-6,9-10,24H,11H2,1-2H3,(H2,22,23);1-3,8-9H/t2*24-;;/m10../s1. The van der Waals surface area contributed by atoms with Crippen LogP contribution in [0.3, 0.4) is 0 Å². The first-order valence-electron chi connectivity index (χ1n) is 30.1. The van der Waals surface area contributed by atoms with Gasteiger partial charge in [-0.15, -0.1) is 0 Å². The van der Waals surface area contributed by atoms with Crippen LogP contribution < -0.4 is 36.9 Å². The zero-order valence-electron chi connectivity index (χ0n) is 53.1. The zero-order valence-corrected chi connectivity index (χ0v) is 54.7. The van der Waals surface area contributed by atoms with E-state index in [2.05, 4.69) is 86.3 Å². The van der Waals surface area contributed by atoms with Crippen LogP contribution in [-0.4, -0.2) is 117 Å². The number of benzene rings is 6. The maximum absolute atomic E-state index is 9.96. The Kier molecular flexibility index (Phi) is 17.8. The maximum atomic E-state index is 9.96. The van der Waals surface area contributed by atoms with Gasteiger partial charge >= 0.3 is 7.12 Å². The summed E-state index contributed by atoms with van der Waals surface area (Å²) in [6.45, 7) is 10.7. The predicted molar refractivity (Wildman–Crippen MR) is 365 cm³/mol. The van der Waals surface area contributed by atoms with Crippen molar-refractivity contribution in [3.8, 4) is 92.3 Å². The second kappa shape index (κ2) is 26.2. The van der Waals surface area contributed by atoms with Crippen LogP contribution in [0.5, 0.6) is 34.5 Å². The number of amidine groups is 3. The van der Waals surface area contributed by atoms with Crippen molar-refractivity contribution in [3.63, 3.8) is 0 Å². The molecule has 6 aliphatic heterocycles. The van der Waals surface area contributed by atoms with Gasteiger partial charge in [0.1, 0.15) is 90.1 Å². The average Bonchev–Trinajstić information content (AvgIpc) is 1.69. The summed E-state index contributed by atoms with van der Waals surface area (Å²) in [5.74, 6) is 21.7. The molecule has 23 nitrogen and oxygen atoms in total. The van der Waals surface area contributed by atoms with Crippen LogP contribution in [0, 0.1) is 35.5 Å². The number of fused-ring (bicyclic) bond motifs is 12. The molecular formula is C72H62BBrN12O11. The van der Waals surface area contributed by atoms with Crippen molar-refractivity contribution >= 4 is 46.6 Å². The summed E-state index contributed by atoms with van der Waals surface area (Å²) in [7, 11) is -1.47. The Morgan fingerprint density at radius 1 is 0.402 bits per heavy atom. The van der Waals surface area contributed by atoms with E-state index >= 15 is 0 Å². The molecule has 11 N–H and O–H groups in total. The molecule has 3 aromatic heterocycles. The number of nitrogens with zero attached hydrogens (tertiary/aromatic N) is 9. The van der Waals surface area contributed by atoms with Crippen LogP contribution in [0.25, 0.3) is 22.3 Å². The highest BCUT2D eigenvalue weighted by molar-refractivity contribution is 9.10. The Hall–Kier alpha value is -11.2. The van der Waals surface area contributed by atoms with E-state index in [9.17, 15) is 15.3 Å². The molecule has 3 spiro atoms. The lowest BCUT2D eigenvalue weighted by Crippen LogP contribution is -2.31. The van der Waals surface area contributed by atoms with Crippen molar-refractivity contribution in [3.05, 3.63) is 220 Å². The summed E-state index contributed by atoms with van der Waals surface area (Å²) < 4.78 is 36.2. The number of aromatic nitrogens is 6. The molecule has 0 saturated heterocycles. The SMILES string of the molecule is CC(C)(O)C#Cc1ccc2c(c1)C1(COC(N)=N1)c1cc(Br)ccc1O2.CC(C)(O)C#Cc1ccc2c(c1)[C@@]1(COC(N)=N1)c1cc(-c3cncnc3)ccc1O2.CC(C)(O)C#Cc1ccc2c(c1)[C@]1(COC(N)=N1)c1cc(-c3cncnc3)ccc1O2.OB(O)c1cncnc1. The molecule has 0 fully saturated rings. The van der Waals surface area contributed by atoms with Gasteiger partial charge < -0.3 is 71.0 Å². The van der Waals surface area contributed by atoms with E-state index in [-0.39, 0.29) is 31.3 Å². The van der Waals surface area contributed by atoms with Crippen molar-refractivity contribution in [1.29, 1.82) is 0 Å². The molecule has 6 aromatic carbocycles. The zero-order chi connectivity index (χ0) is 68.5. The first kappa shape index (κ1) is 65.8. The minimum Gasteiger partial charge on any atom is -0.462 e. The summed E-state index contributed by atoms with van der Waals surface area (Å²) >= 11 is 3.51. The Bertz CT molecular complexity index is 4640. The van der Waals surface area contributed by atoms with E-state index in [1.54, 1.807) is 66.3 Å². The molecule has 6 aliphatic rings. The molecule has 3 atom stereocenters. The van der Waals surface area contributed by atoms with Crippen LogP contribution in [0.4, 0.5) is 0 Å². The highest BCUT2D eigenvalue weighted by Crippen LogP contribution is 2.55. The van der Waals surface area contributed by atoms with Crippen LogP contribution in [0.1, 0.15) is 91.6 Å². The van der Waals surface area contributed by atoms with Crippen molar-refractivity contribution in [1.82, 2.24) is 29.9 Å². The maximum Gasteiger partial charge on any atom is 0.491 e. The topological polar surface area (TPSA) is 349 Å². The van der Waals surface area contributed by atoms with Gasteiger partial charge in [0.15, 0.2) is 16.6 Å². The van der Waals surface area contributed by atoms with Gasteiger partial charge in [0.05, 0.1) is 0 Å². The van der Waals surface area contributed by atoms with E-state index in [0.29, 0.717) is 40.8 Å². The normalized spacial score (nSPS) is 18.2. The lowest BCUT2D eigenvalue weighted by Gasteiger charge is -2.33. The molecule has 97 heavy (non-hydrogen) atoms. The molecule has 0 bridgehead atoms. The second-order valence-electron chi connectivity index (χ2n) is 24.5. The van der Waals surface area contributed by atoms with E-state index in [1.807, 2.05) is 109 Å². The fourth-order valence-corrected chi connectivity index (χ4v) is 11.5. The molecule has 0 aliphatic carbocycles. The minimum absolute atomic E-state index is 0.125. The van der Waals surface area contributed by atoms with Crippen LogP contribution in [0.15, 0.2) is 185 Å². The first-order valence-corrected chi connectivity index (χ1v) is 30.9. The highest BCUT2D eigenvalue weighted by Gasteiger charge is 2.50. The molecular weight excluding hydrogens is 1300 g/mol. The number of hydrogen-bond donors (Lipinski definition) is 8. The number of halogens is 1. The van der Waals surface area contributed by atoms with E-state index in [0.717, 1.165) is 82.5 Å². The smallest absolute Gasteiger partial charge is 0.462 e. The van der Waals surface area contributed by atoms with Gasteiger partial charge in [-0.1, -0.05) is 63.6 Å². The van der Waals surface area contributed by atoms with Gasteiger partial charge in [-0.3, -0.25) is 0 Å². The Morgan fingerprint density at radius 2 is 0.691 bits per heavy atom. The molecule has 0 amide bonds. The number of aliphatic imine (C=N–C) groups is 3. The Balaban J connectivity index is 0.000000131. The quantitative estimate of drug-likeness (QED) is 0.0633. The van der Waals surface area contributed by atoms with E-state index < -0.39 is 40.5 Å². The van der Waals surface area contributed by atoms with Gasteiger partial charge in [0, 0.05) is 108 Å². The van der Waals surface area contributed by atoms with Gasteiger partial charge in [-0.25, -0.2) is 44.9 Å². The van der Waals surface area contributed by atoms with Crippen LogP contribution >= 0.6 is 15.9 Å². The number of aliphatic hydroxyl groups is 3. The Morgan fingerprint density at radius 3 is 0.979 bits per heavy atom. The summed E-state index contributed by atoms with van der Waals surface area (Å²) in [5, 5.41) is 46.8. The summed E-state index contributed by atoms with van der Waals surface area (Å²) in [6.07, 6.45) is 14.0. The van der Waals surface area contributed by atoms with Crippen molar-refractivity contribution in [2.24, 2.45) is 32.2 Å². The summed E-state index contributed by atoms with van der Waals surface area (Å²) in [4.78, 5) is 37.6. The fraction of sp³-hybridized carbons (Fsp3) is 0.208. The van der Waals surface area contributed by atoms with E-state index in [4.69, 9.17) is 65.7 Å². The molecule has 486 valence electrons. The summed E-state index contributed by atoms with van der Waals surface area (Å²) in [6, 6.07) is 34.9. The third-order valence-electron chi connectivity index (χ3n) is 15.6. The van der Waals surface area contributed by atoms with Crippen molar-refractivity contribution in [2.75, 3.05) is 19.8 Å². The fourth-order valence-electron chi connectivity index (χ4n) is 11.1. The van der Waals surface area contributed by atoms with Crippen LogP contribution in [0.2, 0.25) is 0 Å². The van der Waals surface area contributed by atoms with Gasteiger partial charge in [0.25, 0.3) is 18.1 Å². The lowest BCUT2D eigenvalue weighted by molar-refractivity contribution is 0.143. The third-order valence-corrected chi connectivity index (χ3v) is 16.1. The largest absolute Gasteiger partial charge is 0.491 e. The first-order chi connectivity index (χ1) is 46.2.